The summed E-state index contributed by atoms with van der Waals surface area (Å²) in [6.45, 7) is 0. The van der Waals surface area contributed by atoms with Gasteiger partial charge in [0, 0.05) is 17.6 Å². The van der Waals surface area contributed by atoms with Gasteiger partial charge in [0.15, 0.2) is 0 Å². The number of hydrogen-bond acceptors (Lipinski definition) is 3. The van der Waals surface area contributed by atoms with Crippen molar-refractivity contribution < 1.29 is 14.6 Å². The Kier molecular flexibility index (Phi) is 4.15. The van der Waals surface area contributed by atoms with E-state index in [4.69, 9.17) is 21.4 Å². The van der Waals surface area contributed by atoms with Crippen molar-refractivity contribution in [2.24, 2.45) is 0 Å². The van der Waals surface area contributed by atoms with Crippen molar-refractivity contribution in [1.82, 2.24) is 4.98 Å². The molecule has 1 heterocycles. The zero-order valence-corrected chi connectivity index (χ0v) is 10.4. The van der Waals surface area contributed by atoms with Crippen LogP contribution in [0.3, 0.4) is 0 Å². The Morgan fingerprint density at radius 1 is 1.47 bits per heavy atom. The molecule has 0 aliphatic rings. The van der Waals surface area contributed by atoms with Gasteiger partial charge in [-0.15, -0.1) is 12.4 Å². The summed E-state index contributed by atoms with van der Waals surface area (Å²) < 4.78 is 4.99. The van der Waals surface area contributed by atoms with Crippen LogP contribution in [0.4, 0.5) is 0 Å². The summed E-state index contributed by atoms with van der Waals surface area (Å²) in [5, 5.41) is 10.1. The minimum Gasteiger partial charge on any atom is -0.496 e. The normalized spacial score (nSPS) is 9.76. The molecule has 0 bridgehead atoms. The molecule has 0 atom stereocenters. The molecule has 2 rings (SSSR count). The summed E-state index contributed by atoms with van der Waals surface area (Å²) in [5.41, 5.74) is 0.680. The zero-order chi connectivity index (χ0) is 11.7. The van der Waals surface area contributed by atoms with Gasteiger partial charge in [0.05, 0.1) is 17.6 Å². The van der Waals surface area contributed by atoms with Crippen LogP contribution in [0.15, 0.2) is 24.4 Å². The van der Waals surface area contributed by atoms with Gasteiger partial charge in [0.2, 0.25) is 0 Å². The predicted octanol–water partition coefficient (Wildman–Crippen LogP) is 3.02. The summed E-state index contributed by atoms with van der Waals surface area (Å²) in [6.07, 6.45) is 1.56. The van der Waals surface area contributed by atoms with Gasteiger partial charge in [-0.05, 0) is 12.1 Å². The molecule has 0 spiro atoms. The van der Waals surface area contributed by atoms with E-state index in [2.05, 4.69) is 4.98 Å². The van der Waals surface area contributed by atoms with Crippen molar-refractivity contribution in [3.05, 3.63) is 35.0 Å². The van der Waals surface area contributed by atoms with E-state index in [9.17, 15) is 4.79 Å². The topological polar surface area (TPSA) is 59.4 Å². The lowest BCUT2D eigenvalue weighted by Crippen LogP contribution is -2.00. The third-order valence-corrected chi connectivity index (χ3v) is 2.57. The molecule has 90 valence electrons. The first kappa shape index (κ1) is 13.5. The molecule has 0 unspecified atom stereocenters. The van der Waals surface area contributed by atoms with Crippen LogP contribution in [-0.4, -0.2) is 23.2 Å². The first-order valence-corrected chi connectivity index (χ1v) is 4.87. The Morgan fingerprint density at radius 2 is 2.18 bits per heavy atom. The van der Waals surface area contributed by atoms with E-state index in [1.54, 1.807) is 18.3 Å². The van der Waals surface area contributed by atoms with Crippen LogP contribution in [0.25, 0.3) is 10.9 Å². The second kappa shape index (κ2) is 5.21. The number of pyridine rings is 1. The van der Waals surface area contributed by atoms with E-state index in [0.29, 0.717) is 15.9 Å². The molecule has 0 aliphatic carbocycles. The molecule has 1 N–H and O–H groups in total. The average molecular weight is 274 g/mol. The number of nitrogens with zero attached hydrogens (tertiary/aromatic N) is 1. The lowest BCUT2D eigenvalue weighted by molar-refractivity contribution is 0.0693. The molecule has 6 heteroatoms. The molecule has 0 radical (unpaired) electrons. The summed E-state index contributed by atoms with van der Waals surface area (Å²) in [4.78, 5) is 15.1. The Bertz CT molecular complexity index is 572. The molecule has 0 saturated carbocycles. The SMILES string of the molecule is COc1cc2nccc(Cl)c2cc1C(=O)O.Cl. The number of benzene rings is 1. The smallest absolute Gasteiger partial charge is 0.339 e. The summed E-state index contributed by atoms with van der Waals surface area (Å²) in [5.74, 6) is -0.784. The number of carboxylic acids is 1. The highest BCUT2D eigenvalue weighted by atomic mass is 35.5. The highest BCUT2D eigenvalue weighted by Gasteiger charge is 2.13. The number of halogens is 2. The second-order valence-corrected chi connectivity index (χ2v) is 3.57. The molecule has 4 nitrogen and oxygen atoms in total. The molecule has 0 fully saturated rings. The summed E-state index contributed by atoms with van der Waals surface area (Å²) in [7, 11) is 1.41. The average Bonchev–Trinajstić information content (AvgIpc) is 2.27. The summed E-state index contributed by atoms with van der Waals surface area (Å²) in [6, 6.07) is 4.64. The van der Waals surface area contributed by atoms with Crippen LogP contribution in [0.5, 0.6) is 5.75 Å². The van der Waals surface area contributed by atoms with Crippen molar-refractivity contribution in [1.29, 1.82) is 0 Å². The van der Waals surface area contributed by atoms with Crippen LogP contribution in [-0.2, 0) is 0 Å². The van der Waals surface area contributed by atoms with E-state index in [1.807, 2.05) is 0 Å². The Labute approximate surface area is 109 Å². The molecule has 0 saturated heterocycles. The minimum atomic E-state index is -1.06. The van der Waals surface area contributed by atoms with E-state index < -0.39 is 5.97 Å². The van der Waals surface area contributed by atoms with E-state index in [0.717, 1.165) is 0 Å². The van der Waals surface area contributed by atoms with E-state index >= 15 is 0 Å². The van der Waals surface area contributed by atoms with Gasteiger partial charge in [-0.3, -0.25) is 4.98 Å². The number of aromatic nitrogens is 1. The molecule has 17 heavy (non-hydrogen) atoms. The predicted molar refractivity (Wildman–Crippen MR) is 67.5 cm³/mol. The van der Waals surface area contributed by atoms with Crippen molar-refractivity contribution in [3.63, 3.8) is 0 Å². The summed E-state index contributed by atoms with van der Waals surface area (Å²) >= 11 is 5.96. The fourth-order valence-corrected chi connectivity index (χ4v) is 1.68. The minimum absolute atomic E-state index is 0. The maximum absolute atomic E-state index is 11.0. The lowest BCUT2D eigenvalue weighted by atomic mass is 10.1. The fourth-order valence-electron chi connectivity index (χ4n) is 1.48. The van der Waals surface area contributed by atoms with Gasteiger partial charge in [-0.25, -0.2) is 4.79 Å². The number of carboxylic acid groups (broad SMARTS) is 1. The molecule has 0 aliphatic heterocycles. The third-order valence-electron chi connectivity index (χ3n) is 2.24. The van der Waals surface area contributed by atoms with E-state index in [1.165, 1.54) is 13.2 Å². The number of ether oxygens (including phenoxy) is 1. The van der Waals surface area contributed by atoms with Crippen molar-refractivity contribution in [2.45, 2.75) is 0 Å². The van der Waals surface area contributed by atoms with Crippen LogP contribution in [0, 0.1) is 0 Å². The monoisotopic (exact) mass is 273 g/mol. The molecule has 1 aromatic heterocycles. The van der Waals surface area contributed by atoms with Gasteiger partial charge in [-0.2, -0.15) is 0 Å². The highest BCUT2D eigenvalue weighted by molar-refractivity contribution is 6.35. The highest BCUT2D eigenvalue weighted by Crippen LogP contribution is 2.28. The van der Waals surface area contributed by atoms with Crippen molar-refractivity contribution in [2.75, 3.05) is 7.11 Å². The molecular weight excluding hydrogens is 265 g/mol. The number of methoxy groups -OCH3 is 1. The molecule has 2 aromatic rings. The number of rotatable bonds is 2. The van der Waals surface area contributed by atoms with Crippen LogP contribution in [0.2, 0.25) is 5.02 Å². The van der Waals surface area contributed by atoms with Gasteiger partial charge < -0.3 is 9.84 Å². The van der Waals surface area contributed by atoms with Crippen molar-refractivity contribution >= 4 is 40.9 Å². The first-order valence-electron chi connectivity index (χ1n) is 4.49. The number of fused-ring (bicyclic) bond motifs is 1. The van der Waals surface area contributed by atoms with Crippen LogP contribution >= 0.6 is 24.0 Å². The number of carbonyl (C=O) groups is 1. The Hall–Kier alpha value is -1.52. The largest absolute Gasteiger partial charge is 0.496 e. The second-order valence-electron chi connectivity index (χ2n) is 3.17. The number of aromatic carboxylic acids is 1. The van der Waals surface area contributed by atoms with Crippen molar-refractivity contribution in [3.8, 4) is 5.75 Å². The van der Waals surface area contributed by atoms with Crippen LogP contribution in [0.1, 0.15) is 10.4 Å². The standard InChI is InChI=1S/C11H8ClNO3.ClH/c1-16-10-5-9-6(4-7(10)11(14)15)8(12)2-3-13-9;/h2-5H,1H3,(H,14,15);1H. The van der Waals surface area contributed by atoms with E-state index in [-0.39, 0.29) is 23.7 Å². The molecule has 0 amide bonds. The number of hydrogen-bond donors (Lipinski definition) is 1. The molecule has 1 aromatic carbocycles. The van der Waals surface area contributed by atoms with Gasteiger partial charge in [0.25, 0.3) is 0 Å². The van der Waals surface area contributed by atoms with Gasteiger partial charge in [0.1, 0.15) is 11.3 Å². The lowest BCUT2D eigenvalue weighted by Gasteiger charge is -2.07. The molecular formula is C11H9Cl2NO3. The Balaban J connectivity index is 0.00000144. The third kappa shape index (κ3) is 2.43. The maximum atomic E-state index is 11.0. The fraction of sp³-hybridized carbons (Fsp3) is 0.0909. The Morgan fingerprint density at radius 3 is 2.76 bits per heavy atom. The first-order chi connectivity index (χ1) is 7.63. The van der Waals surface area contributed by atoms with Gasteiger partial charge in [-0.1, -0.05) is 11.6 Å². The zero-order valence-electron chi connectivity index (χ0n) is 8.81. The quantitative estimate of drug-likeness (QED) is 0.914. The maximum Gasteiger partial charge on any atom is 0.339 e. The van der Waals surface area contributed by atoms with Gasteiger partial charge >= 0.3 is 5.97 Å². The van der Waals surface area contributed by atoms with Crippen LogP contribution < -0.4 is 4.74 Å².